The number of aryl methyl sites for hydroxylation is 1. The van der Waals surface area contributed by atoms with Gasteiger partial charge in [-0.3, -0.25) is 0 Å². The van der Waals surface area contributed by atoms with Crippen LogP contribution in [0.15, 0.2) is 200 Å². The summed E-state index contributed by atoms with van der Waals surface area (Å²) < 4.78 is 0. The second-order valence-corrected chi connectivity index (χ2v) is 15.2. The fraction of sp³-hybridized carbons (Fsp3) is 0.0357. The molecule has 0 aromatic heterocycles. The van der Waals surface area contributed by atoms with Gasteiger partial charge in [0.15, 0.2) is 0 Å². The Balaban J connectivity index is 1.17. The van der Waals surface area contributed by atoms with Gasteiger partial charge in [-0.1, -0.05) is 176 Å². The molecule has 262 valence electrons. The van der Waals surface area contributed by atoms with E-state index in [0.29, 0.717) is 0 Å². The third-order valence-electron chi connectivity index (χ3n) is 11.9. The Morgan fingerprint density at radius 2 is 0.857 bits per heavy atom. The van der Waals surface area contributed by atoms with Crippen molar-refractivity contribution in [1.82, 2.24) is 0 Å². The highest BCUT2D eigenvalue weighted by Gasteiger charge is 2.19. The first-order valence-electron chi connectivity index (χ1n) is 19.7. The van der Waals surface area contributed by atoms with Crippen molar-refractivity contribution in [2.24, 2.45) is 0 Å². The molecule has 0 unspecified atom stereocenters. The maximum absolute atomic E-state index is 2.45. The molecule has 0 saturated heterocycles. The molecule has 56 heavy (non-hydrogen) atoms. The summed E-state index contributed by atoms with van der Waals surface area (Å²) in [5.74, 6) is 0. The topological polar surface area (TPSA) is 0 Å². The van der Waals surface area contributed by atoms with E-state index in [1.54, 1.807) is 0 Å². The van der Waals surface area contributed by atoms with E-state index in [9.17, 15) is 0 Å². The van der Waals surface area contributed by atoms with Crippen LogP contribution >= 0.6 is 0 Å². The maximum Gasteiger partial charge on any atom is -0.00259 e. The van der Waals surface area contributed by atoms with Crippen molar-refractivity contribution in [3.05, 3.63) is 211 Å². The van der Waals surface area contributed by atoms with E-state index >= 15 is 0 Å². The lowest BCUT2D eigenvalue weighted by Crippen LogP contribution is -1.94. The SMILES string of the molecule is C1=Cc2cc(-c3cccc(-c4c5ccccc5c(-c5cccc(-c6ccc7ccccc7c6)c5)c5cc(-c6cccc7ccccc67)ccc45)c3)ccc2CC1. The third kappa shape index (κ3) is 5.53. The Morgan fingerprint density at radius 3 is 1.64 bits per heavy atom. The van der Waals surface area contributed by atoms with Gasteiger partial charge in [0.2, 0.25) is 0 Å². The molecule has 0 fully saturated rings. The maximum atomic E-state index is 2.45. The van der Waals surface area contributed by atoms with E-state index < -0.39 is 0 Å². The summed E-state index contributed by atoms with van der Waals surface area (Å²) in [6, 6.07) is 72.3. The highest BCUT2D eigenvalue weighted by molar-refractivity contribution is 6.22. The summed E-state index contributed by atoms with van der Waals surface area (Å²) in [5.41, 5.74) is 15.2. The number of hydrogen-bond donors (Lipinski definition) is 0. The number of rotatable bonds is 5. The zero-order chi connectivity index (χ0) is 37.0. The monoisotopic (exact) mass is 710 g/mol. The minimum atomic E-state index is 1.11. The van der Waals surface area contributed by atoms with Gasteiger partial charge in [0.1, 0.15) is 0 Å². The lowest BCUT2D eigenvalue weighted by atomic mass is 9.83. The molecular weight excluding hydrogens is 673 g/mol. The van der Waals surface area contributed by atoms with E-state index in [-0.39, 0.29) is 0 Å². The Hall–Kier alpha value is -7.02. The van der Waals surface area contributed by atoms with Crippen LogP contribution in [-0.4, -0.2) is 0 Å². The summed E-state index contributed by atoms with van der Waals surface area (Å²) in [4.78, 5) is 0. The standard InChI is InChI=1S/C56H38/c1-3-15-40-32-44(28-26-37(40)12-1)42-18-9-20-47(34-42)55-51-23-7-8-24-52(51)56(48-21-10-19-43(35-48)45-29-27-38-13-2-4-16-41(38)33-45)54-36-46(30-31-53(54)55)50-25-11-17-39-14-5-6-22-49(39)50/h2-11,13-36H,1,12H2. The summed E-state index contributed by atoms with van der Waals surface area (Å²) in [6.07, 6.45) is 6.82. The molecule has 1 aliphatic carbocycles. The van der Waals surface area contributed by atoms with Gasteiger partial charge >= 0.3 is 0 Å². The summed E-state index contributed by atoms with van der Waals surface area (Å²) in [7, 11) is 0. The van der Waals surface area contributed by atoms with Gasteiger partial charge in [-0.15, -0.1) is 0 Å². The van der Waals surface area contributed by atoms with Gasteiger partial charge < -0.3 is 0 Å². The van der Waals surface area contributed by atoms with Crippen molar-refractivity contribution in [3.63, 3.8) is 0 Å². The molecule has 0 atom stereocenters. The smallest absolute Gasteiger partial charge is 0.00259 e. The Labute approximate surface area is 327 Å². The quantitative estimate of drug-likeness (QED) is 0.156. The molecule has 10 aromatic rings. The molecule has 0 heterocycles. The van der Waals surface area contributed by atoms with Gasteiger partial charge in [-0.25, -0.2) is 0 Å². The first kappa shape index (κ1) is 32.4. The molecule has 1 aliphatic rings. The predicted molar refractivity (Wildman–Crippen MR) is 241 cm³/mol. The normalized spacial score (nSPS) is 12.4. The molecule has 0 saturated carbocycles. The highest BCUT2D eigenvalue weighted by Crippen LogP contribution is 2.46. The van der Waals surface area contributed by atoms with E-state index in [1.165, 1.54) is 110 Å². The van der Waals surface area contributed by atoms with Gasteiger partial charge in [0, 0.05) is 0 Å². The second-order valence-electron chi connectivity index (χ2n) is 15.2. The highest BCUT2D eigenvalue weighted by atomic mass is 14.2. The first-order valence-corrected chi connectivity index (χ1v) is 19.7. The molecule has 0 aliphatic heterocycles. The van der Waals surface area contributed by atoms with Gasteiger partial charge in [0.25, 0.3) is 0 Å². The first-order chi connectivity index (χ1) is 27.7. The number of allylic oxidation sites excluding steroid dienone is 1. The fourth-order valence-corrected chi connectivity index (χ4v) is 9.13. The minimum Gasteiger partial charge on any atom is -0.0836 e. The predicted octanol–water partition coefficient (Wildman–Crippen LogP) is 15.6. The molecular formula is C56H38. The van der Waals surface area contributed by atoms with Gasteiger partial charge in [-0.2, -0.15) is 0 Å². The van der Waals surface area contributed by atoms with Gasteiger partial charge in [0.05, 0.1) is 0 Å². The molecule has 0 N–H and O–H groups in total. The van der Waals surface area contributed by atoms with Crippen LogP contribution < -0.4 is 0 Å². The average Bonchev–Trinajstić information content (AvgIpc) is 3.27. The van der Waals surface area contributed by atoms with Crippen molar-refractivity contribution >= 4 is 49.2 Å². The molecule has 0 nitrogen and oxygen atoms in total. The number of benzene rings is 10. The van der Waals surface area contributed by atoms with Crippen LogP contribution in [0.2, 0.25) is 0 Å². The number of fused-ring (bicyclic) bond motifs is 5. The fourth-order valence-electron chi connectivity index (χ4n) is 9.13. The zero-order valence-corrected chi connectivity index (χ0v) is 31.0. The summed E-state index contributed by atoms with van der Waals surface area (Å²) in [6.45, 7) is 0. The molecule has 0 radical (unpaired) electrons. The summed E-state index contributed by atoms with van der Waals surface area (Å²) >= 11 is 0. The number of hydrogen-bond acceptors (Lipinski definition) is 0. The Bertz CT molecular complexity index is 3190. The molecule has 0 amide bonds. The third-order valence-corrected chi connectivity index (χ3v) is 11.9. The average molecular weight is 711 g/mol. The van der Waals surface area contributed by atoms with Gasteiger partial charge in [-0.05, 0) is 153 Å². The van der Waals surface area contributed by atoms with E-state index in [2.05, 4.69) is 206 Å². The van der Waals surface area contributed by atoms with Crippen molar-refractivity contribution in [1.29, 1.82) is 0 Å². The van der Waals surface area contributed by atoms with Crippen LogP contribution in [0, 0.1) is 0 Å². The van der Waals surface area contributed by atoms with E-state index in [0.717, 1.165) is 12.8 Å². The Morgan fingerprint density at radius 1 is 0.304 bits per heavy atom. The van der Waals surface area contributed by atoms with Crippen LogP contribution in [0.25, 0.3) is 105 Å². The molecule has 0 bridgehead atoms. The van der Waals surface area contributed by atoms with Crippen molar-refractivity contribution < 1.29 is 0 Å². The molecule has 11 rings (SSSR count). The lowest BCUT2D eigenvalue weighted by molar-refractivity contribution is 0.986. The van der Waals surface area contributed by atoms with E-state index in [4.69, 9.17) is 0 Å². The second kappa shape index (κ2) is 13.4. The van der Waals surface area contributed by atoms with Crippen LogP contribution in [0.4, 0.5) is 0 Å². The van der Waals surface area contributed by atoms with Crippen molar-refractivity contribution in [2.45, 2.75) is 12.8 Å². The lowest BCUT2D eigenvalue weighted by Gasteiger charge is -2.20. The minimum absolute atomic E-state index is 1.11. The van der Waals surface area contributed by atoms with Crippen LogP contribution in [0.5, 0.6) is 0 Å². The molecule has 10 aromatic carbocycles. The Kier molecular flexibility index (Phi) is 7.74. The van der Waals surface area contributed by atoms with E-state index in [1.807, 2.05) is 0 Å². The molecule has 0 heteroatoms. The van der Waals surface area contributed by atoms with Crippen molar-refractivity contribution in [2.75, 3.05) is 0 Å². The van der Waals surface area contributed by atoms with Crippen LogP contribution in [0.1, 0.15) is 17.5 Å². The van der Waals surface area contributed by atoms with Crippen LogP contribution in [0.3, 0.4) is 0 Å². The van der Waals surface area contributed by atoms with Crippen molar-refractivity contribution in [3.8, 4) is 55.6 Å². The zero-order valence-electron chi connectivity index (χ0n) is 31.0. The van der Waals surface area contributed by atoms with Crippen LogP contribution in [-0.2, 0) is 6.42 Å². The largest absolute Gasteiger partial charge is 0.0836 e. The summed E-state index contributed by atoms with van der Waals surface area (Å²) in [5, 5.41) is 10.1. The molecule has 0 spiro atoms.